The van der Waals surface area contributed by atoms with Crippen LogP contribution in [0.2, 0.25) is 0 Å². The standard InChI is InChI=1S/C11H9N3O/c15-7-9-2-1-3-10(6-9)14-11-4-5-12-8-13-11/h1-8H,(H,12,13,14). The number of rotatable bonds is 3. The third-order valence-corrected chi connectivity index (χ3v) is 1.88. The monoisotopic (exact) mass is 199 g/mol. The van der Waals surface area contributed by atoms with Gasteiger partial charge in [0.25, 0.3) is 0 Å². The molecule has 15 heavy (non-hydrogen) atoms. The molecule has 2 rings (SSSR count). The summed E-state index contributed by atoms with van der Waals surface area (Å²) in [6.45, 7) is 0. The molecule has 1 N–H and O–H groups in total. The van der Waals surface area contributed by atoms with Gasteiger partial charge in [-0.15, -0.1) is 0 Å². The third kappa shape index (κ3) is 2.37. The molecule has 0 amide bonds. The SMILES string of the molecule is O=Cc1cccc(Nc2ccncn2)c1. The van der Waals surface area contributed by atoms with E-state index in [-0.39, 0.29) is 0 Å². The number of carbonyl (C=O) groups is 1. The maximum Gasteiger partial charge on any atom is 0.150 e. The van der Waals surface area contributed by atoms with Crippen LogP contribution in [0, 0.1) is 0 Å². The van der Waals surface area contributed by atoms with Crippen LogP contribution in [-0.4, -0.2) is 16.3 Å². The van der Waals surface area contributed by atoms with Crippen LogP contribution in [-0.2, 0) is 0 Å². The Bertz CT molecular complexity index is 456. The lowest BCUT2D eigenvalue weighted by molar-refractivity contribution is 0.112. The number of aromatic nitrogens is 2. The van der Waals surface area contributed by atoms with Gasteiger partial charge in [-0.05, 0) is 18.2 Å². The van der Waals surface area contributed by atoms with Crippen molar-refractivity contribution in [2.75, 3.05) is 5.32 Å². The molecule has 0 saturated carbocycles. The molecule has 1 heterocycles. The van der Waals surface area contributed by atoms with Crippen molar-refractivity contribution in [2.45, 2.75) is 0 Å². The molecule has 0 spiro atoms. The lowest BCUT2D eigenvalue weighted by Gasteiger charge is -2.04. The summed E-state index contributed by atoms with van der Waals surface area (Å²) in [5, 5.41) is 3.07. The van der Waals surface area contributed by atoms with Gasteiger partial charge in [0.15, 0.2) is 0 Å². The third-order valence-electron chi connectivity index (χ3n) is 1.88. The van der Waals surface area contributed by atoms with E-state index in [2.05, 4.69) is 15.3 Å². The highest BCUT2D eigenvalue weighted by molar-refractivity contribution is 5.77. The molecule has 2 aromatic rings. The van der Waals surface area contributed by atoms with Crippen molar-refractivity contribution in [3.63, 3.8) is 0 Å². The van der Waals surface area contributed by atoms with Gasteiger partial charge in [-0.25, -0.2) is 9.97 Å². The second-order valence-electron chi connectivity index (χ2n) is 2.96. The molecule has 0 saturated heterocycles. The predicted molar refractivity (Wildman–Crippen MR) is 57.1 cm³/mol. The summed E-state index contributed by atoms with van der Waals surface area (Å²) in [4.78, 5) is 18.4. The molecule has 0 aliphatic rings. The second-order valence-corrected chi connectivity index (χ2v) is 2.96. The van der Waals surface area contributed by atoms with Crippen molar-refractivity contribution in [3.8, 4) is 0 Å². The van der Waals surface area contributed by atoms with E-state index in [9.17, 15) is 4.79 Å². The molecule has 0 unspecified atom stereocenters. The smallest absolute Gasteiger partial charge is 0.150 e. The Kier molecular flexibility index (Phi) is 2.69. The van der Waals surface area contributed by atoms with E-state index in [4.69, 9.17) is 0 Å². The highest BCUT2D eigenvalue weighted by Gasteiger charge is 1.96. The van der Waals surface area contributed by atoms with E-state index in [0.29, 0.717) is 11.4 Å². The molecule has 1 aromatic heterocycles. The van der Waals surface area contributed by atoms with Crippen molar-refractivity contribution in [2.24, 2.45) is 0 Å². The molecule has 4 nitrogen and oxygen atoms in total. The molecule has 0 bridgehead atoms. The van der Waals surface area contributed by atoms with Crippen molar-refractivity contribution < 1.29 is 4.79 Å². The minimum Gasteiger partial charge on any atom is -0.340 e. The normalized spacial score (nSPS) is 9.60. The van der Waals surface area contributed by atoms with Crippen LogP contribution < -0.4 is 5.32 Å². The summed E-state index contributed by atoms with van der Waals surface area (Å²) in [6.07, 6.45) is 3.93. The highest BCUT2D eigenvalue weighted by atomic mass is 16.1. The molecule has 4 heteroatoms. The summed E-state index contributed by atoms with van der Waals surface area (Å²) in [5.41, 5.74) is 1.47. The maximum absolute atomic E-state index is 10.6. The Morgan fingerprint density at radius 3 is 2.93 bits per heavy atom. The van der Waals surface area contributed by atoms with E-state index in [1.807, 2.05) is 12.1 Å². The number of nitrogens with zero attached hydrogens (tertiary/aromatic N) is 2. The number of benzene rings is 1. The minimum absolute atomic E-state index is 0.633. The Morgan fingerprint density at radius 1 is 1.27 bits per heavy atom. The largest absolute Gasteiger partial charge is 0.340 e. The van der Waals surface area contributed by atoms with Crippen LogP contribution in [0.5, 0.6) is 0 Å². The molecule has 0 fully saturated rings. The van der Waals surface area contributed by atoms with Gasteiger partial charge in [-0.1, -0.05) is 12.1 Å². The number of hydrogen-bond acceptors (Lipinski definition) is 4. The van der Waals surface area contributed by atoms with Gasteiger partial charge in [0.1, 0.15) is 18.4 Å². The molecule has 1 aromatic carbocycles. The molecule has 0 aliphatic carbocycles. The lowest BCUT2D eigenvalue weighted by Crippen LogP contribution is -1.93. The molecule has 0 radical (unpaired) electrons. The Labute approximate surface area is 87.0 Å². The number of aldehydes is 1. The zero-order valence-electron chi connectivity index (χ0n) is 7.92. The van der Waals surface area contributed by atoms with Crippen molar-refractivity contribution in [3.05, 3.63) is 48.4 Å². The van der Waals surface area contributed by atoms with Crippen LogP contribution in [0.1, 0.15) is 10.4 Å². The van der Waals surface area contributed by atoms with Crippen molar-refractivity contribution in [1.29, 1.82) is 0 Å². The van der Waals surface area contributed by atoms with Crippen LogP contribution >= 0.6 is 0 Å². The quantitative estimate of drug-likeness (QED) is 0.768. The first kappa shape index (κ1) is 9.33. The number of nitrogens with one attached hydrogen (secondary N) is 1. The molecule has 74 valence electrons. The zero-order valence-corrected chi connectivity index (χ0v) is 7.92. The van der Waals surface area contributed by atoms with Gasteiger partial charge >= 0.3 is 0 Å². The van der Waals surface area contributed by atoms with E-state index in [1.54, 1.807) is 24.4 Å². The molecular weight excluding hydrogens is 190 g/mol. The van der Waals surface area contributed by atoms with Gasteiger partial charge in [0, 0.05) is 17.4 Å². The fourth-order valence-electron chi connectivity index (χ4n) is 1.20. The van der Waals surface area contributed by atoms with Crippen LogP contribution in [0.25, 0.3) is 0 Å². The van der Waals surface area contributed by atoms with E-state index in [1.165, 1.54) is 6.33 Å². The van der Waals surface area contributed by atoms with E-state index < -0.39 is 0 Å². The van der Waals surface area contributed by atoms with Crippen LogP contribution in [0.15, 0.2) is 42.9 Å². The second kappa shape index (κ2) is 4.32. The summed E-state index contributed by atoms with van der Waals surface area (Å²) in [7, 11) is 0. The Morgan fingerprint density at radius 2 is 2.20 bits per heavy atom. The average molecular weight is 199 g/mol. The topological polar surface area (TPSA) is 54.9 Å². The summed E-state index contributed by atoms with van der Waals surface area (Å²) >= 11 is 0. The number of hydrogen-bond donors (Lipinski definition) is 1. The lowest BCUT2D eigenvalue weighted by atomic mass is 10.2. The van der Waals surface area contributed by atoms with Gasteiger partial charge in [0.05, 0.1) is 0 Å². The summed E-state index contributed by atoms with van der Waals surface area (Å²) in [6, 6.07) is 8.95. The first-order chi connectivity index (χ1) is 7.38. The minimum atomic E-state index is 0.633. The van der Waals surface area contributed by atoms with E-state index in [0.717, 1.165) is 12.0 Å². The van der Waals surface area contributed by atoms with Crippen molar-refractivity contribution >= 4 is 17.8 Å². The highest BCUT2D eigenvalue weighted by Crippen LogP contribution is 2.14. The molecular formula is C11H9N3O. The molecule has 0 atom stereocenters. The predicted octanol–water partition coefficient (Wildman–Crippen LogP) is 2.03. The molecule has 0 aliphatic heterocycles. The fraction of sp³-hybridized carbons (Fsp3) is 0. The summed E-state index contributed by atoms with van der Waals surface area (Å²) in [5.74, 6) is 0.702. The first-order valence-electron chi connectivity index (χ1n) is 4.47. The fourth-order valence-corrected chi connectivity index (χ4v) is 1.20. The van der Waals surface area contributed by atoms with Gasteiger partial charge in [-0.3, -0.25) is 4.79 Å². The van der Waals surface area contributed by atoms with Crippen LogP contribution in [0.3, 0.4) is 0 Å². The maximum atomic E-state index is 10.6. The first-order valence-corrected chi connectivity index (χ1v) is 4.47. The van der Waals surface area contributed by atoms with E-state index >= 15 is 0 Å². The van der Waals surface area contributed by atoms with Crippen LogP contribution in [0.4, 0.5) is 11.5 Å². The van der Waals surface area contributed by atoms with Gasteiger partial charge < -0.3 is 5.32 Å². The zero-order chi connectivity index (χ0) is 10.5. The number of anilines is 2. The average Bonchev–Trinajstić information content (AvgIpc) is 2.31. The van der Waals surface area contributed by atoms with Gasteiger partial charge in [-0.2, -0.15) is 0 Å². The number of carbonyl (C=O) groups excluding carboxylic acids is 1. The van der Waals surface area contributed by atoms with Gasteiger partial charge in [0.2, 0.25) is 0 Å². The summed E-state index contributed by atoms with van der Waals surface area (Å²) < 4.78 is 0. The van der Waals surface area contributed by atoms with Crippen molar-refractivity contribution in [1.82, 2.24) is 9.97 Å². The Hall–Kier alpha value is -2.23. The Balaban J connectivity index is 2.21.